The van der Waals surface area contributed by atoms with Gasteiger partial charge in [0.05, 0.1) is 16.7 Å². The molecule has 1 N–H and O–H groups in total. The second-order valence-electron chi connectivity index (χ2n) is 5.63. The smallest absolute Gasteiger partial charge is 0.0794 e. The van der Waals surface area contributed by atoms with Crippen LogP contribution in [0.1, 0.15) is 18.2 Å². The van der Waals surface area contributed by atoms with Gasteiger partial charge in [-0.25, -0.2) is 4.98 Å². The largest absolute Gasteiger partial charge is 0.305 e. The first kappa shape index (κ1) is 13.7. The number of benzene rings is 1. The van der Waals surface area contributed by atoms with E-state index in [9.17, 15) is 0 Å². The second kappa shape index (κ2) is 6.04. The average Bonchev–Trinajstić information content (AvgIpc) is 3.00. The van der Waals surface area contributed by atoms with Gasteiger partial charge in [-0.15, -0.1) is 11.3 Å². The summed E-state index contributed by atoms with van der Waals surface area (Å²) < 4.78 is 0. The zero-order chi connectivity index (χ0) is 13.8. The summed E-state index contributed by atoms with van der Waals surface area (Å²) in [6.07, 6.45) is 1.05. The molecule has 3 rings (SSSR count). The Balaban J connectivity index is 1.64. The maximum atomic E-state index is 4.37. The highest BCUT2D eigenvalue weighted by atomic mass is 32.1. The van der Waals surface area contributed by atoms with Crippen LogP contribution in [0, 0.1) is 0 Å². The Morgan fingerprint density at radius 2 is 2.20 bits per heavy atom. The van der Waals surface area contributed by atoms with Gasteiger partial charge in [0, 0.05) is 38.0 Å². The number of nitrogens with zero attached hydrogens (tertiary/aromatic N) is 2. The van der Waals surface area contributed by atoms with Crippen molar-refractivity contribution in [2.75, 3.05) is 26.2 Å². The van der Waals surface area contributed by atoms with Crippen LogP contribution < -0.4 is 5.32 Å². The fourth-order valence-electron chi connectivity index (χ4n) is 2.90. The Morgan fingerprint density at radius 3 is 2.95 bits per heavy atom. The van der Waals surface area contributed by atoms with Crippen molar-refractivity contribution in [2.24, 2.45) is 0 Å². The number of rotatable bonds is 4. The molecule has 4 heteroatoms. The number of hydrogen-bond acceptors (Lipinski definition) is 4. The summed E-state index contributed by atoms with van der Waals surface area (Å²) in [6, 6.07) is 10.8. The van der Waals surface area contributed by atoms with Crippen LogP contribution in [0.5, 0.6) is 0 Å². The molecule has 0 saturated carbocycles. The third kappa shape index (κ3) is 3.08. The van der Waals surface area contributed by atoms with Crippen molar-refractivity contribution in [1.29, 1.82) is 0 Å². The quantitative estimate of drug-likeness (QED) is 0.936. The maximum Gasteiger partial charge on any atom is 0.0794 e. The molecule has 0 bridgehead atoms. The highest BCUT2D eigenvalue weighted by molar-refractivity contribution is 7.07. The zero-order valence-electron chi connectivity index (χ0n) is 11.9. The minimum Gasteiger partial charge on any atom is -0.305 e. The molecule has 1 saturated heterocycles. The molecule has 3 nitrogen and oxygen atoms in total. The molecule has 0 radical (unpaired) electrons. The van der Waals surface area contributed by atoms with Gasteiger partial charge in [-0.2, -0.15) is 0 Å². The van der Waals surface area contributed by atoms with Crippen molar-refractivity contribution in [3.63, 3.8) is 0 Å². The molecule has 2 aromatic rings. The van der Waals surface area contributed by atoms with Gasteiger partial charge in [-0.3, -0.25) is 4.90 Å². The molecule has 1 aliphatic heterocycles. The molecule has 1 atom stereocenters. The summed E-state index contributed by atoms with van der Waals surface area (Å²) in [5, 5.41) is 5.83. The van der Waals surface area contributed by atoms with Crippen LogP contribution in [0.2, 0.25) is 0 Å². The number of aromatic nitrogens is 1. The van der Waals surface area contributed by atoms with Gasteiger partial charge in [0.15, 0.2) is 0 Å². The van der Waals surface area contributed by atoms with Crippen molar-refractivity contribution in [2.45, 2.75) is 18.9 Å². The number of thiazole rings is 1. The van der Waals surface area contributed by atoms with E-state index in [1.54, 1.807) is 11.3 Å². The Kier molecular flexibility index (Phi) is 4.15. The molecule has 2 heterocycles. The monoisotopic (exact) mass is 287 g/mol. The lowest BCUT2D eigenvalue weighted by Gasteiger charge is -2.42. The molecular weight excluding hydrogens is 266 g/mol. The molecular formula is C16H21N3S. The van der Waals surface area contributed by atoms with Crippen LogP contribution >= 0.6 is 11.3 Å². The normalized spacial score (nSPS) is 23.9. The summed E-state index contributed by atoms with van der Waals surface area (Å²) >= 11 is 1.68. The molecule has 1 aromatic heterocycles. The van der Waals surface area contributed by atoms with E-state index < -0.39 is 0 Å². The van der Waals surface area contributed by atoms with Crippen LogP contribution in [-0.4, -0.2) is 36.1 Å². The van der Waals surface area contributed by atoms with Crippen LogP contribution in [0.15, 0.2) is 41.2 Å². The Labute approximate surface area is 124 Å². The molecule has 106 valence electrons. The lowest BCUT2D eigenvalue weighted by atomic mass is 9.89. The standard InChI is InChI=1S/C16H21N3S/c1-16(14-5-3-2-4-6-14)12-19(10-8-18-16)9-7-15-11-20-13-17-15/h2-6,11,13,18H,7-10,12H2,1H3. The molecule has 1 aromatic carbocycles. The van der Waals surface area contributed by atoms with Gasteiger partial charge in [0.2, 0.25) is 0 Å². The average molecular weight is 287 g/mol. The molecule has 0 spiro atoms. The van der Waals surface area contributed by atoms with E-state index in [0.717, 1.165) is 32.6 Å². The van der Waals surface area contributed by atoms with Gasteiger partial charge in [0.25, 0.3) is 0 Å². The highest BCUT2D eigenvalue weighted by Crippen LogP contribution is 2.24. The molecule has 1 fully saturated rings. The maximum absolute atomic E-state index is 4.37. The van der Waals surface area contributed by atoms with E-state index >= 15 is 0 Å². The van der Waals surface area contributed by atoms with Gasteiger partial charge in [-0.05, 0) is 12.5 Å². The van der Waals surface area contributed by atoms with Gasteiger partial charge >= 0.3 is 0 Å². The highest BCUT2D eigenvalue weighted by Gasteiger charge is 2.31. The van der Waals surface area contributed by atoms with Crippen LogP contribution in [0.4, 0.5) is 0 Å². The fraction of sp³-hybridized carbons (Fsp3) is 0.438. The summed E-state index contributed by atoms with van der Waals surface area (Å²) in [7, 11) is 0. The first-order valence-corrected chi connectivity index (χ1v) is 8.10. The van der Waals surface area contributed by atoms with Gasteiger partial charge < -0.3 is 5.32 Å². The predicted molar refractivity (Wildman–Crippen MR) is 84.1 cm³/mol. The van der Waals surface area contributed by atoms with E-state index in [0.29, 0.717) is 0 Å². The lowest BCUT2D eigenvalue weighted by molar-refractivity contribution is 0.144. The summed E-state index contributed by atoms with van der Waals surface area (Å²) in [4.78, 5) is 6.92. The molecule has 0 aliphatic carbocycles. The van der Waals surface area contributed by atoms with Crippen LogP contribution in [0.25, 0.3) is 0 Å². The number of nitrogens with one attached hydrogen (secondary N) is 1. The number of hydrogen-bond donors (Lipinski definition) is 1. The predicted octanol–water partition coefficient (Wildman–Crippen LogP) is 2.51. The van der Waals surface area contributed by atoms with Crippen molar-refractivity contribution in [1.82, 2.24) is 15.2 Å². The number of piperazine rings is 1. The van der Waals surface area contributed by atoms with E-state index in [4.69, 9.17) is 0 Å². The third-order valence-electron chi connectivity index (χ3n) is 4.06. The first-order valence-electron chi connectivity index (χ1n) is 7.16. The second-order valence-corrected chi connectivity index (χ2v) is 6.35. The minimum absolute atomic E-state index is 0.0571. The van der Waals surface area contributed by atoms with E-state index in [-0.39, 0.29) is 5.54 Å². The van der Waals surface area contributed by atoms with Crippen molar-refractivity contribution < 1.29 is 0 Å². The van der Waals surface area contributed by atoms with Gasteiger partial charge in [-0.1, -0.05) is 30.3 Å². The lowest BCUT2D eigenvalue weighted by Crippen LogP contribution is -2.56. The summed E-state index contributed by atoms with van der Waals surface area (Å²) in [5.74, 6) is 0. The Hall–Kier alpha value is -1.23. The molecule has 1 unspecified atom stereocenters. The summed E-state index contributed by atoms with van der Waals surface area (Å²) in [5.41, 5.74) is 4.57. The van der Waals surface area contributed by atoms with E-state index in [1.807, 2.05) is 5.51 Å². The molecule has 0 amide bonds. The Morgan fingerprint density at radius 1 is 1.35 bits per heavy atom. The van der Waals surface area contributed by atoms with Crippen molar-refractivity contribution >= 4 is 11.3 Å². The summed E-state index contributed by atoms with van der Waals surface area (Å²) in [6.45, 7) is 6.61. The SMILES string of the molecule is CC1(c2ccccc2)CN(CCc2cscn2)CCN1. The zero-order valence-corrected chi connectivity index (χ0v) is 12.7. The first-order chi connectivity index (χ1) is 9.76. The van der Waals surface area contributed by atoms with Crippen LogP contribution in [-0.2, 0) is 12.0 Å². The fourth-order valence-corrected chi connectivity index (χ4v) is 3.49. The third-order valence-corrected chi connectivity index (χ3v) is 4.70. The van der Waals surface area contributed by atoms with Crippen molar-refractivity contribution in [3.8, 4) is 0 Å². The Bertz CT molecular complexity index is 526. The van der Waals surface area contributed by atoms with Crippen LogP contribution in [0.3, 0.4) is 0 Å². The topological polar surface area (TPSA) is 28.2 Å². The van der Waals surface area contributed by atoms with Crippen molar-refractivity contribution in [3.05, 3.63) is 52.5 Å². The van der Waals surface area contributed by atoms with E-state index in [2.05, 4.69) is 57.8 Å². The van der Waals surface area contributed by atoms with Gasteiger partial charge in [0.1, 0.15) is 0 Å². The van der Waals surface area contributed by atoms with E-state index in [1.165, 1.54) is 11.3 Å². The molecule has 1 aliphatic rings. The minimum atomic E-state index is 0.0571. The molecule has 20 heavy (non-hydrogen) atoms.